The van der Waals surface area contributed by atoms with Crippen LogP contribution in [0, 0.1) is 28.8 Å². The van der Waals surface area contributed by atoms with Gasteiger partial charge in [-0.15, -0.1) is 0 Å². The Morgan fingerprint density at radius 3 is 2.17 bits per heavy atom. The van der Waals surface area contributed by atoms with Gasteiger partial charge < -0.3 is 16.0 Å². The van der Waals surface area contributed by atoms with Gasteiger partial charge in [0, 0.05) is 5.92 Å². The van der Waals surface area contributed by atoms with E-state index in [-0.39, 0.29) is 0 Å². The fourth-order valence-corrected chi connectivity index (χ4v) is 2.50. The second kappa shape index (κ2) is 12.0. The third kappa shape index (κ3) is 11.0. The van der Waals surface area contributed by atoms with E-state index in [1.54, 1.807) is 0 Å². The van der Waals surface area contributed by atoms with Crippen molar-refractivity contribution in [3.8, 4) is 12.4 Å². The lowest BCUT2D eigenvalue weighted by molar-refractivity contribution is -0.917. The number of unbranched alkanes of at least 4 members (excludes halogenated alkanes) is 1. The van der Waals surface area contributed by atoms with Crippen molar-refractivity contribution in [3.63, 3.8) is 0 Å². The molecule has 5 nitrogen and oxygen atoms in total. The molecule has 0 aromatic heterocycles. The van der Waals surface area contributed by atoms with Crippen molar-refractivity contribution in [2.45, 2.75) is 39.5 Å². The van der Waals surface area contributed by atoms with E-state index in [9.17, 15) is 0 Å². The lowest BCUT2D eigenvalue weighted by Gasteiger charge is -2.40. The van der Waals surface area contributed by atoms with Gasteiger partial charge in [-0.3, -0.25) is 0 Å². The maximum Gasteiger partial charge on any atom is 0.173 e. The number of likely N-dealkylation sites (tertiary alicyclic amines) is 1. The molecule has 104 valence electrons. The quantitative estimate of drug-likeness (QED) is 0.453. The molecule has 1 fully saturated rings. The molecule has 1 aliphatic rings. The van der Waals surface area contributed by atoms with Crippen molar-refractivity contribution < 1.29 is 4.48 Å². The first-order valence-corrected chi connectivity index (χ1v) is 6.52. The minimum atomic E-state index is 0.959. The summed E-state index contributed by atoms with van der Waals surface area (Å²) < 4.78 is 1.34. The smallest absolute Gasteiger partial charge is 0.173 e. The van der Waals surface area contributed by atoms with Crippen LogP contribution in [0.4, 0.5) is 0 Å². The van der Waals surface area contributed by atoms with Gasteiger partial charge in [-0.2, -0.15) is 10.5 Å². The van der Waals surface area contributed by atoms with E-state index in [2.05, 4.69) is 32.4 Å². The lowest BCUT2D eigenvalue weighted by Crippen LogP contribution is -2.50. The second-order valence-corrected chi connectivity index (χ2v) is 5.11. The minimum Gasteiger partial charge on any atom is -0.337 e. The Morgan fingerprint density at radius 1 is 1.28 bits per heavy atom. The van der Waals surface area contributed by atoms with Crippen LogP contribution in [-0.4, -0.2) is 31.2 Å². The van der Waals surface area contributed by atoms with E-state index in [1.807, 2.05) is 0 Å². The third-order valence-corrected chi connectivity index (χ3v) is 3.20. The molecule has 2 unspecified atom stereocenters. The van der Waals surface area contributed by atoms with Gasteiger partial charge in [0.25, 0.3) is 0 Å². The van der Waals surface area contributed by atoms with Crippen molar-refractivity contribution >= 4 is 0 Å². The van der Waals surface area contributed by atoms with Crippen molar-refractivity contribution in [1.29, 1.82) is 10.5 Å². The van der Waals surface area contributed by atoms with Crippen LogP contribution >= 0.6 is 0 Å². The first-order chi connectivity index (χ1) is 8.49. The molecule has 1 aliphatic heterocycles. The van der Waals surface area contributed by atoms with Crippen molar-refractivity contribution in [2.24, 2.45) is 17.4 Å². The highest BCUT2D eigenvalue weighted by atomic mass is 15.3. The van der Waals surface area contributed by atoms with Crippen LogP contribution in [0.1, 0.15) is 39.5 Å². The van der Waals surface area contributed by atoms with Gasteiger partial charge in [0.05, 0.1) is 26.7 Å². The summed E-state index contributed by atoms with van der Waals surface area (Å²) in [6.07, 6.45) is 8.16. The highest BCUT2D eigenvalue weighted by Crippen LogP contribution is 2.21. The number of hydrogen-bond acceptors (Lipinski definition) is 4. The molecule has 0 aromatic carbocycles. The van der Waals surface area contributed by atoms with E-state index in [1.165, 1.54) is 62.2 Å². The van der Waals surface area contributed by atoms with Gasteiger partial charge in [0.2, 0.25) is 0 Å². The number of nitrogens with zero attached hydrogens (tertiary/aromatic N) is 3. The van der Waals surface area contributed by atoms with Gasteiger partial charge in [-0.25, -0.2) is 0 Å². The SMILES string of the molecule is CCCC[N+]1(C)CCCC(C)C1.N#CN.N#CN. The predicted octanol–water partition coefficient (Wildman–Crippen LogP) is 1.52. The van der Waals surface area contributed by atoms with E-state index >= 15 is 0 Å². The molecule has 1 heterocycles. The highest BCUT2D eigenvalue weighted by molar-refractivity contribution is 4.59. The van der Waals surface area contributed by atoms with Crippen molar-refractivity contribution in [1.82, 2.24) is 0 Å². The van der Waals surface area contributed by atoms with Crippen LogP contribution in [0.25, 0.3) is 0 Å². The maximum atomic E-state index is 7.10. The van der Waals surface area contributed by atoms with Crippen LogP contribution in [0.3, 0.4) is 0 Å². The number of nitrogens with two attached hydrogens (primary N) is 2. The molecule has 5 heteroatoms. The molecule has 0 aromatic rings. The predicted molar refractivity (Wildman–Crippen MR) is 73.7 cm³/mol. The zero-order valence-electron chi connectivity index (χ0n) is 12.0. The summed E-state index contributed by atoms with van der Waals surface area (Å²) in [7, 11) is 2.44. The molecule has 18 heavy (non-hydrogen) atoms. The van der Waals surface area contributed by atoms with Crippen LogP contribution in [0.15, 0.2) is 0 Å². The molecule has 0 spiro atoms. The van der Waals surface area contributed by atoms with E-state index < -0.39 is 0 Å². The summed E-state index contributed by atoms with van der Waals surface area (Å²) in [5.41, 5.74) is 8.31. The average molecular weight is 254 g/mol. The van der Waals surface area contributed by atoms with Crippen molar-refractivity contribution in [2.75, 3.05) is 26.7 Å². The first-order valence-electron chi connectivity index (χ1n) is 6.52. The fraction of sp³-hybridized carbons (Fsp3) is 0.846. The third-order valence-electron chi connectivity index (χ3n) is 3.20. The topological polar surface area (TPSA) is 99.6 Å². The minimum absolute atomic E-state index is 0.959. The molecule has 1 saturated heterocycles. The Balaban J connectivity index is 0. The monoisotopic (exact) mass is 254 g/mol. The molecular weight excluding hydrogens is 226 g/mol. The molecule has 0 saturated carbocycles. The largest absolute Gasteiger partial charge is 0.337 e. The Morgan fingerprint density at radius 2 is 1.78 bits per heavy atom. The molecule has 2 atom stereocenters. The van der Waals surface area contributed by atoms with E-state index in [0.29, 0.717) is 0 Å². The molecular formula is C13H28N5+. The van der Waals surface area contributed by atoms with Gasteiger partial charge in [0.1, 0.15) is 0 Å². The lowest BCUT2D eigenvalue weighted by atomic mass is 9.98. The van der Waals surface area contributed by atoms with E-state index in [4.69, 9.17) is 10.5 Å². The normalized spacial score (nSPS) is 25.3. The fourth-order valence-electron chi connectivity index (χ4n) is 2.50. The zero-order valence-corrected chi connectivity index (χ0v) is 12.0. The van der Waals surface area contributed by atoms with E-state index in [0.717, 1.165) is 5.92 Å². The van der Waals surface area contributed by atoms with Gasteiger partial charge in [-0.1, -0.05) is 20.3 Å². The molecule has 1 rings (SSSR count). The van der Waals surface area contributed by atoms with Crippen LogP contribution in [0.2, 0.25) is 0 Å². The molecule has 0 bridgehead atoms. The maximum absolute atomic E-state index is 7.10. The van der Waals surface area contributed by atoms with Crippen LogP contribution in [0.5, 0.6) is 0 Å². The standard InChI is InChI=1S/C11H24N.2CH2N2/c1-4-5-8-12(3)9-6-7-11(2)10-12;2*2-1-3/h11H,4-10H2,1-3H3;2*2H2/q+1;;. The number of nitriles is 2. The summed E-state index contributed by atoms with van der Waals surface area (Å²) >= 11 is 0. The van der Waals surface area contributed by atoms with Gasteiger partial charge >= 0.3 is 0 Å². The number of rotatable bonds is 3. The summed E-state index contributed by atoms with van der Waals surface area (Å²) in [5.74, 6) is 0.959. The van der Waals surface area contributed by atoms with Crippen molar-refractivity contribution in [3.05, 3.63) is 0 Å². The number of hydrogen-bond donors (Lipinski definition) is 2. The molecule has 0 amide bonds. The van der Waals surface area contributed by atoms with Gasteiger partial charge in [0.15, 0.2) is 12.4 Å². The number of quaternary nitrogens is 1. The summed E-state index contributed by atoms with van der Waals surface area (Å²) in [4.78, 5) is 0. The first kappa shape index (κ1) is 18.9. The second-order valence-electron chi connectivity index (χ2n) is 5.11. The Labute approximate surface area is 112 Å². The van der Waals surface area contributed by atoms with Crippen LogP contribution in [-0.2, 0) is 0 Å². The Bertz CT molecular complexity index is 254. The summed E-state index contributed by atoms with van der Waals surface area (Å²) in [6.45, 7) is 8.94. The Kier molecular flexibility index (Phi) is 12.6. The summed E-state index contributed by atoms with van der Waals surface area (Å²) in [5, 5.41) is 14.2. The average Bonchev–Trinajstić information content (AvgIpc) is 2.28. The molecule has 4 N–H and O–H groups in total. The zero-order chi connectivity index (χ0) is 14.4. The summed E-state index contributed by atoms with van der Waals surface area (Å²) in [6, 6.07) is 0. The van der Waals surface area contributed by atoms with Crippen LogP contribution < -0.4 is 11.5 Å². The molecule has 0 radical (unpaired) electrons. The highest BCUT2D eigenvalue weighted by Gasteiger charge is 2.27. The Hall–Kier alpha value is -1.46. The van der Waals surface area contributed by atoms with Gasteiger partial charge in [-0.05, 0) is 19.3 Å². The molecule has 0 aliphatic carbocycles. The number of piperidine rings is 1.